The molecule has 2 heterocycles. The fourth-order valence-corrected chi connectivity index (χ4v) is 5.09. The van der Waals surface area contributed by atoms with E-state index in [0.29, 0.717) is 18.4 Å². The van der Waals surface area contributed by atoms with Gasteiger partial charge in [-0.3, -0.25) is 0 Å². The summed E-state index contributed by atoms with van der Waals surface area (Å²) in [6, 6.07) is 0. The summed E-state index contributed by atoms with van der Waals surface area (Å²) in [5.41, 5.74) is -1.12. The number of carbonyl (C=O) groups is 1. The first-order valence-corrected chi connectivity index (χ1v) is 7.33. The first-order valence-electron chi connectivity index (χ1n) is 7.33. The van der Waals surface area contributed by atoms with Crippen LogP contribution in [-0.2, 0) is 14.3 Å². The molecular formula is C15H20O5. The van der Waals surface area contributed by atoms with Crippen LogP contribution >= 0.6 is 0 Å². The van der Waals surface area contributed by atoms with Gasteiger partial charge >= 0.3 is 5.97 Å². The standard InChI is InChI=1S/C15H20O5/c1-7-5-9-10(8(2)13(17)20-9)11(16)12-14(18)3-4-15(7,12)19-6-14/h7,9-12,16,18H,2-6H2,1H3/t7-,9-,10+,11-,12-,14+,15-/m0/s1. The number of carbonyl (C=O) groups excluding carboxylic acids is 1. The number of hydrogen-bond acceptors (Lipinski definition) is 5. The van der Waals surface area contributed by atoms with Crippen LogP contribution in [0, 0.1) is 17.8 Å². The summed E-state index contributed by atoms with van der Waals surface area (Å²) < 4.78 is 11.3. The Kier molecular flexibility index (Phi) is 2.33. The zero-order chi connectivity index (χ0) is 14.3. The van der Waals surface area contributed by atoms with Crippen molar-refractivity contribution in [1.29, 1.82) is 0 Å². The molecule has 5 nitrogen and oxygen atoms in total. The molecule has 0 radical (unpaired) electrons. The topological polar surface area (TPSA) is 76.0 Å². The largest absolute Gasteiger partial charge is 0.458 e. The van der Waals surface area contributed by atoms with Gasteiger partial charge in [-0.25, -0.2) is 4.79 Å². The average Bonchev–Trinajstić information content (AvgIpc) is 2.94. The van der Waals surface area contributed by atoms with Crippen molar-refractivity contribution in [2.45, 2.75) is 49.6 Å². The highest BCUT2D eigenvalue weighted by atomic mass is 16.6. The molecule has 2 bridgehead atoms. The number of aliphatic hydroxyl groups is 2. The van der Waals surface area contributed by atoms with Crippen molar-refractivity contribution in [2.24, 2.45) is 17.8 Å². The van der Waals surface area contributed by atoms with Crippen LogP contribution in [0.2, 0.25) is 0 Å². The average molecular weight is 280 g/mol. The van der Waals surface area contributed by atoms with Crippen molar-refractivity contribution in [1.82, 2.24) is 0 Å². The molecule has 0 aromatic heterocycles. The minimum Gasteiger partial charge on any atom is -0.458 e. The van der Waals surface area contributed by atoms with Gasteiger partial charge in [-0.05, 0) is 25.2 Å². The number of hydrogen-bond donors (Lipinski definition) is 2. The van der Waals surface area contributed by atoms with E-state index in [1.165, 1.54) is 0 Å². The highest BCUT2D eigenvalue weighted by molar-refractivity contribution is 5.91. The molecule has 0 spiro atoms. The Morgan fingerprint density at radius 3 is 2.80 bits per heavy atom. The first kappa shape index (κ1) is 12.8. The van der Waals surface area contributed by atoms with Crippen molar-refractivity contribution in [3.8, 4) is 0 Å². The molecule has 2 aliphatic carbocycles. The molecule has 0 amide bonds. The molecular weight excluding hydrogens is 260 g/mol. The maximum Gasteiger partial charge on any atom is 0.334 e. The van der Waals surface area contributed by atoms with E-state index in [4.69, 9.17) is 9.47 Å². The zero-order valence-electron chi connectivity index (χ0n) is 11.5. The fourth-order valence-electron chi connectivity index (χ4n) is 5.09. The van der Waals surface area contributed by atoms with Crippen LogP contribution in [0.4, 0.5) is 0 Å². The smallest absolute Gasteiger partial charge is 0.334 e. The molecule has 0 unspecified atom stereocenters. The molecule has 4 aliphatic rings. The van der Waals surface area contributed by atoms with Crippen molar-refractivity contribution < 1.29 is 24.5 Å². The van der Waals surface area contributed by atoms with Crippen LogP contribution in [0.3, 0.4) is 0 Å². The summed E-state index contributed by atoms with van der Waals surface area (Å²) in [6.07, 6.45) is 0.885. The number of ether oxygens (including phenoxy) is 2. The Bertz CT molecular complexity index is 490. The lowest BCUT2D eigenvalue weighted by Crippen LogP contribution is -2.48. The normalized spacial score (nSPS) is 57.2. The number of fused-ring (bicyclic) bond motifs is 1. The van der Waals surface area contributed by atoms with E-state index < -0.39 is 29.2 Å². The Hall–Kier alpha value is -0.910. The van der Waals surface area contributed by atoms with E-state index in [-0.39, 0.29) is 24.5 Å². The van der Waals surface area contributed by atoms with Crippen LogP contribution in [0.25, 0.3) is 0 Å². The van der Waals surface area contributed by atoms with Gasteiger partial charge in [0.25, 0.3) is 0 Å². The molecule has 4 fully saturated rings. The number of aliphatic hydroxyl groups excluding tert-OH is 1. The molecule has 110 valence electrons. The minimum atomic E-state index is -0.978. The predicted molar refractivity (Wildman–Crippen MR) is 68.7 cm³/mol. The third-order valence-corrected chi connectivity index (χ3v) is 6.10. The maximum absolute atomic E-state index is 11.7. The maximum atomic E-state index is 11.7. The lowest BCUT2D eigenvalue weighted by atomic mass is 9.74. The van der Waals surface area contributed by atoms with Gasteiger partial charge in [0.2, 0.25) is 0 Å². The highest BCUT2D eigenvalue weighted by Crippen LogP contribution is 2.61. The van der Waals surface area contributed by atoms with Crippen molar-refractivity contribution in [3.63, 3.8) is 0 Å². The van der Waals surface area contributed by atoms with Crippen LogP contribution in [0.1, 0.15) is 26.2 Å². The van der Waals surface area contributed by atoms with Gasteiger partial charge in [0.1, 0.15) is 6.10 Å². The summed E-state index contributed by atoms with van der Waals surface area (Å²) in [4.78, 5) is 11.7. The Morgan fingerprint density at radius 1 is 1.40 bits per heavy atom. The van der Waals surface area contributed by atoms with Crippen molar-refractivity contribution in [2.75, 3.05) is 6.61 Å². The van der Waals surface area contributed by atoms with E-state index in [0.717, 1.165) is 6.42 Å². The van der Waals surface area contributed by atoms with Gasteiger partial charge in [-0.2, -0.15) is 0 Å². The van der Waals surface area contributed by atoms with Crippen LogP contribution in [0.5, 0.6) is 0 Å². The molecule has 0 aromatic carbocycles. The Morgan fingerprint density at radius 2 is 2.15 bits per heavy atom. The van der Waals surface area contributed by atoms with E-state index in [2.05, 4.69) is 13.5 Å². The van der Waals surface area contributed by atoms with Gasteiger partial charge < -0.3 is 19.7 Å². The molecule has 7 atom stereocenters. The molecule has 20 heavy (non-hydrogen) atoms. The van der Waals surface area contributed by atoms with Gasteiger partial charge in [0, 0.05) is 11.5 Å². The Labute approximate surface area is 117 Å². The van der Waals surface area contributed by atoms with E-state index in [1.807, 2.05) is 0 Å². The summed E-state index contributed by atoms with van der Waals surface area (Å²) in [5, 5.41) is 21.6. The molecule has 2 saturated carbocycles. The lowest BCUT2D eigenvalue weighted by molar-refractivity contribution is -0.141. The van der Waals surface area contributed by atoms with E-state index in [9.17, 15) is 15.0 Å². The lowest BCUT2D eigenvalue weighted by Gasteiger charge is -2.37. The molecule has 2 aliphatic heterocycles. The van der Waals surface area contributed by atoms with Crippen LogP contribution in [-0.4, -0.2) is 46.2 Å². The third kappa shape index (κ3) is 1.27. The first-order chi connectivity index (χ1) is 9.39. The number of rotatable bonds is 0. The van der Waals surface area contributed by atoms with Gasteiger partial charge in [-0.15, -0.1) is 0 Å². The second-order valence-electron chi connectivity index (χ2n) is 6.95. The minimum absolute atomic E-state index is 0.132. The summed E-state index contributed by atoms with van der Waals surface area (Å²) >= 11 is 0. The van der Waals surface area contributed by atoms with Crippen molar-refractivity contribution >= 4 is 5.97 Å². The quantitative estimate of drug-likeness (QED) is 0.496. The SMILES string of the molecule is C=C1C(=O)O[C@H]2C[C@H](C)[C@]34CC[C@@](O)(CO3)[C@@H]4[C@@H](O)[C@H]12. The zero-order valence-corrected chi connectivity index (χ0v) is 11.5. The summed E-state index contributed by atoms with van der Waals surface area (Å²) in [5.74, 6) is -1.05. The van der Waals surface area contributed by atoms with Gasteiger partial charge in [-0.1, -0.05) is 13.5 Å². The predicted octanol–water partition coefficient (Wildman–Crippen LogP) is 0.395. The van der Waals surface area contributed by atoms with E-state index >= 15 is 0 Å². The second kappa shape index (κ2) is 3.64. The molecule has 5 heteroatoms. The summed E-state index contributed by atoms with van der Waals surface area (Å²) in [7, 11) is 0. The molecule has 2 saturated heterocycles. The molecule has 0 aromatic rings. The number of esters is 1. The molecule has 4 rings (SSSR count). The molecule has 2 N–H and O–H groups in total. The van der Waals surface area contributed by atoms with Crippen LogP contribution < -0.4 is 0 Å². The van der Waals surface area contributed by atoms with Crippen molar-refractivity contribution in [3.05, 3.63) is 12.2 Å². The highest BCUT2D eigenvalue weighted by Gasteiger charge is 2.71. The third-order valence-electron chi connectivity index (χ3n) is 6.10. The van der Waals surface area contributed by atoms with E-state index in [1.54, 1.807) is 0 Å². The fraction of sp³-hybridized carbons (Fsp3) is 0.800. The van der Waals surface area contributed by atoms with Gasteiger partial charge in [0.05, 0.1) is 29.8 Å². The Balaban J connectivity index is 1.81. The summed E-state index contributed by atoms with van der Waals surface area (Å²) in [6.45, 7) is 6.12. The monoisotopic (exact) mass is 280 g/mol. The van der Waals surface area contributed by atoms with Gasteiger partial charge in [0.15, 0.2) is 0 Å². The second-order valence-corrected chi connectivity index (χ2v) is 6.95. The van der Waals surface area contributed by atoms with Crippen LogP contribution in [0.15, 0.2) is 12.2 Å².